The van der Waals surface area contributed by atoms with Gasteiger partial charge in [0.05, 0.1) is 0 Å². The number of hydrogen-bond acceptors (Lipinski definition) is 1. The first-order chi connectivity index (χ1) is 3.95. The van der Waals surface area contributed by atoms with E-state index >= 15 is 0 Å². The van der Waals surface area contributed by atoms with Gasteiger partial charge in [-0.15, -0.1) is 0 Å². The van der Waals surface area contributed by atoms with Crippen molar-refractivity contribution in [3.63, 3.8) is 0 Å². The van der Waals surface area contributed by atoms with Crippen LogP contribution < -0.4 is 0 Å². The third-order valence-electron chi connectivity index (χ3n) is 0.552. The minimum Gasteiger partial charge on any atom is -0.616 e. The molecule has 0 aliphatic heterocycles. The van der Waals surface area contributed by atoms with E-state index in [4.69, 9.17) is 0 Å². The lowest BCUT2D eigenvalue weighted by atomic mass is 10.8. The van der Waals surface area contributed by atoms with Gasteiger partial charge in [0.15, 0.2) is 0 Å². The molecule has 0 saturated carbocycles. The maximum atomic E-state index is 11.3. The lowest BCUT2D eigenvalue weighted by Crippen LogP contribution is -2.23. The van der Waals surface area contributed by atoms with Gasteiger partial charge in [0.2, 0.25) is 5.75 Å². The second-order valence-electron chi connectivity index (χ2n) is 1.40. The number of halogens is 3. The molecule has 0 heterocycles. The van der Waals surface area contributed by atoms with Crippen LogP contribution in [0.3, 0.4) is 0 Å². The van der Waals surface area contributed by atoms with E-state index in [1.165, 1.54) is 0 Å². The molecule has 0 bridgehead atoms. The van der Waals surface area contributed by atoms with Crippen molar-refractivity contribution < 1.29 is 17.7 Å². The Hall–Kier alpha value is 0.100. The third kappa shape index (κ3) is 5.98. The van der Waals surface area contributed by atoms with E-state index < -0.39 is 23.1 Å². The fraction of sp³-hybridized carbons (Fsp3) is 0.750. The molecule has 0 amide bonds. The maximum absolute atomic E-state index is 11.3. The molecule has 9 heavy (non-hydrogen) atoms. The van der Waals surface area contributed by atoms with Crippen molar-refractivity contribution in [3.8, 4) is 0 Å². The van der Waals surface area contributed by atoms with Crippen LogP contribution >= 0.6 is 0 Å². The molecule has 0 aliphatic carbocycles. The fourth-order valence-corrected chi connectivity index (χ4v) is 0.764. The second-order valence-corrected chi connectivity index (χ2v) is 2.98. The third-order valence-corrected chi connectivity index (χ3v) is 1.66. The predicted octanol–water partition coefficient (Wildman–Crippen LogP) is 1.13. The molecular formula is C4H6F3OS. The lowest BCUT2D eigenvalue weighted by molar-refractivity contribution is -0.106. The fourth-order valence-electron chi connectivity index (χ4n) is 0.255. The van der Waals surface area contributed by atoms with Crippen molar-refractivity contribution in [2.75, 3.05) is 11.5 Å². The number of hydrogen-bond donors (Lipinski definition) is 0. The monoisotopic (exact) mass is 159 g/mol. The molecule has 0 fully saturated rings. The zero-order valence-corrected chi connectivity index (χ0v) is 5.39. The number of alkyl halides is 3. The summed E-state index contributed by atoms with van der Waals surface area (Å²) >= 11 is -1.83. The summed E-state index contributed by atoms with van der Waals surface area (Å²) in [5, 5.41) is 0. The van der Waals surface area contributed by atoms with E-state index in [1.807, 2.05) is 0 Å². The van der Waals surface area contributed by atoms with Gasteiger partial charge in [-0.2, -0.15) is 13.2 Å². The van der Waals surface area contributed by atoms with Gasteiger partial charge in [0.1, 0.15) is 5.75 Å². The van der Waals surface area contributed by atoms with Gasteiger partial charge in [0.25, 0.3) is 0 Å². The van der Waals surface area contributed by atoms with Crippen LogP contribution in [0.2, 0.25) is 0 Å². The van der Waals surface area contributed by atoms with Crippen LogP contribution in [-0.2, 0) is 11.2 Å². The van der Waals surface area contributed by atoms with Crippen molar-refractivity contribution in [2.24, 2.45) is 0 Å². The normalized spacial score (nSPS) is 15.7. The molecule has 0 spiro atoms. The molecule has 0 rings (SSSR count). The summed E-state index contributed by atoms with van der Waals surface area (Å²) in [5.41, 5.74) is 0. The van der Waals surface area contributed by atoms with Crippen LogP contribution in [0.15, 0.2) is 0 Å². The van der Waals surface area contributed by atoms with Gasteiger partial charge in [0, 0.05) is 0 Å². The summed E-state index contributed by atoms with van der Waals surface area (Å²) in [6.45, 7) is 3.07. The zero-order valence-electron chi connectivity index (χ0n) is 4.57. The van der Waals surface area contributed by atoms with Crippen molar-refractivity contribution in [1.29, 1.82) is 0 Å². The van der Waals surface area contributed by atoms with E-state index in [0.29, 0.717) is 0 Å². The van der Waals surface area contributed by atoms with Crippen LogP contribution in [0.1, 0.15) is 0 Å². The molecule has 1 atom stereocenters. The van der Waals surface area contributed by atoms with Crippen molar-refractivity contribution >= 4 is 11.2 Å². The Morgan fingerprint density at radius 1 is 1.44 bits per heavy atom. The molecule has 0 aliphatic rings. The van der Waals surface area contributed by atoms with Crippen LogP contribution in [0.5, 0.6) is 0 Å². The summed E-state index contributed by atoms with van der Waals surface area (Å²) < 4.78 is 44.0. The average Bonchev–Trinajstić information content (AvgIpc) is 1.62. The Labute approximate surface area is 54.4 Å². The van der Waals surface area contributed by atoms with E-state index in [-0.39, 0.29) is 5.75 Å². The highest BCUT2D eigenvalue weighted by Crippen LogP contribution is 2.17. The first kappa shape index (κ1) is 9.10. The van der Waals surface area contributed by atoms with Crippen molar-refractivity contribution in [2.45, 2.75) is 6.18 Å². The summed E-state index contributed by atoms with van der Waals surface area (Å²) in [6, 6.07) is 0. The summed E-state index contributed by atoms with van der Waals surface area (Å²) in [7, 11) is 0. The molecule has 0 saturated heterocycles. The average molecular weight is 159 g/mol. The van der Waals surface area contributed by atoms with Crippen LogP contribution in [-0.4, -0.2) is 22.2 Å². The highest BCUT2D eigenvalue weighted by molar-refractivity contribution is 7.91. The van der Waals surface area contributed by atoms with Gasteiger partial charge in [-0.1, -0.05) is 0 Å². The highest BCUT2D eigenvalue weighted by Gasteiger charge is 2.33. The molecule has 0 N–H and O–H groups in total. The Bertz CT molecular complexity index is 82.4. The summed E-state index contributed by atoms with van der Waals surface area (Å²) in [5.74, 6) is -1.42. The SMILES string of the molecule is [CH2]C[S+]([O-])CC(F)(F)F. The Kier molecular flexibility index (Phi) is 3.35. The largest absolute Gasteiger partial charge is 0.616 e. The first-order valence-corrected chi connectivity index (χ1v) is 3.65. The lowest BCUT2D eigenvalue weighted by Gasteiger charge is -2.09. The smallest absolute Gasteiger partial charge is 0.433 e. The molecule has 0 aromatic rings. The molecule has 55 valence electrons. The molecule has 0 aromatic heterocycles. The van der Waals surface area contributed by atoms with Crippen LogP contribution in [0, 0.1) is 6.92 Å². The molecular weight excluding hydrogens is 153 g/mol. The van der Waals surface area contributed by atoms with Gasteiger partial charge in [-0.25, -0.2) is 0 Å². The predicted molar refractivity (Wildman–Crippen MR) is 29.3 cm³/mol. The molecule has 1 nitrogen and oxygen atoms in total. The Morgan fingerprint density at radius 3 is 2.00 bits per heavy atom. The molecule has 0 aromatic carbocycles. The Morgan fingerprint density at radius 2 is 1.89 bits per heavy atom. The highest BCUT2D eigenvalue weighted by atomic mass is 32.2. The van der Waals surface area contributed by atoms with E-state index in [1.54, 1.807) is 0 Å². The summed E-state index contributed by atoms with van der Waals surface area (Å²) in [6.07, 6.45) is -4.32. The Balaban J connectivity index is 3.47. The van der Waals surface area contributed by atoms with Gasteiger partial charge >= 0.3 is 6.18 Å². The van der Waals surface area contributed by atoms with Crippen LogP contribution in [0.25, 0.3) is 0 Å². The topological polar surface area (TPSA) is 23.1 Å². The van der Waals surface area contributed by atoms with Crippen molar-refractivity contribution in [3.05, 3.63) is 6.92 Å². The minimum absolute atomic E-state index is 0.181. The van der Waals surface area contributed by atoms with E-state index in [9.17, 15) is 17.7 Å². The van der Waals surface area contributed by atoms with E-state index in [2.05, 4.69) is 6.92 Å². The molecule has 1 unspecified atom stereocenters. The van der Waals surface area contributed by atoms with Crippen molar-refractivity contribution in [1.82, 2.24) is 0 Å². The quantitative estimate of drug-likeness (QED) is 0.554. The number of rotatable bonds is 2. The molecule has 5 heteroatoms. The van der Waals surface area contributed by atoms with Gasteiger partial charge < -0.3 is 4.55 Å². The second kappa shape index (κ2) is 3.31. The zero-order chi connectivity index (χ0) is 7.49. The summed E-state index contributed by atoms with van der Waals surface area (Å²) in [4.78, 5) is 0. The van der Waals surface area contributed by atoms with Crippen LogP contribution in [0.4, 0.5) is 13.2 Å². The first-order valence-electron chi connectivity index (χ1n) is 2.16. The molecule has 1 radical (unpaired) electrons. The van der Waals surface area contributed by atoms with E-state index in [0.717, 1.165) is 0 Å². The standard InChI is InChI=1S/C4H6F3OS/c1-2-9(8)3-4(5,6)7/h1-3H2. The van der Waals surface area contributed by atoms with Gasteiger partial charge in [-0.3, -0.25) is 0 Å². The minimum atomic E-state index is -4.32. The maximum Gasteiger partial charge on any atom is 0.433 e. The van der Waals surface area contributed by atoms with Gasteiger partial charge in [-0.05, 0) is 18.1 Å².